The molecule has 0 aromatic rings. The van der Waals surface area contributed by atoms with Crippen molar-refractivity contribution < 1.29 is 9.72 Å². The second kappa shape index (κ2) is 10.1. The molecule has 0 aromatic carbocycles. The van der Waals surface area contributed by atoms with Gasteiger partial charge in [-0.15, -0.1) is 12.6 Å². The Morgan fingerprint density at radius 2 is 2.06 bits per heavy atom. The number of allylic oxidation sites excluding steroid dienone is 3. The summed E-state index contributed by atoms with van der Waals surface area (Å²) in [5.74, 6) is 0. The number of thiol groups is 1. The van der Waals surface area contributed by atoms with Crippen molar-refractivity contribution in [1.82, 2.24) is 0 Å². The largest absolute Gasteiger partial charge is 0.288 e. The molecule has 0 heterocycles. The summed E-state index contributed by atoms with van der Waals surface area (Å²) >= 11 is 3.67. The van der Waals surface area contributed by atoms with E-state index in [1.54, 1.807) is 6.08 Å². The van der Waals surface area contributed by atoms with Gasteiger partial charge in [-0.2, -0.15) is 0 Å². The second-order valence-electron chi connectivity index (χ2n) is 3.68. The van der Waals surface area contributed by atoms with Crippen molar-refractivity contribution in [2.45, 2.75) is 45.4 Å². The maximum atomic E-state index is 10.6. The van der Waals surface area contributed by atoms with Crippen molar-refractivity contribution in [1.29, 1.82) is 0 Å². The Morgan fingerprint density at radius 3 is 2.59 bits per heavy atom. The number of unbranched alkanes of at least 4 members (excludes halogenated alkanes) is 2. The van der Waals surface area contributed by atoms with Crippen LogP contribution in [0.4, 0.5) is 0 Å². The van der Waals surface area contributed by atoms with E-state index in [2.05, 4.69) is 12.6 Å². The molecule has 0 aliphatic heterocycles. The highest BCUT2D eigenvalue weighted by molar-refractivity contribution is 7.96. The predicted octanol–water partition coefficient (Wildman–Crippen LogP) is 3.52. The lowest BCUT2D eigenvalue weighted by Gasteiger charge is -1.95. The lowest BCUT2D eigenvalue weighted by atomic mass is 10.2. The molecule has 17 heavy (non-hydrogen) atoms. The van der Waals surface area contributed by atoms with Crippen LogP contribution in [0.1, 0.15) is 45.4 Å². The molecule has 4 nitrogen and oxygen atoms in total. The SMILES string of the molecule is CCC=C(CC=CCCCCC(=O)S)[N+](=O)[O-]. The molecule has 0 rings (SSSR count). The molecular formula is C12H19NO3S. The summed E-state index contributed by atoms with van der Waals surface area (Å²) in [6.07, 6.45) is 9.48. The average molecular weight is 257 g/mol. The normalized spacial score (nSPS) is 12.0. The van der Waals surface area contributed by atoms with Gasteiger partial charge in [-0.1, -0.05) is 19.1 Å². The number of rotatable bonds is 9. The number of nitro groups is 1. The smallest absolute Gasteiger partial charge is 0.246 e. The van der Waals surface area contributed by atoms with E-state index in [4.69, 9.17) is 0 Å². The lowest BCUT2D eigenvalue weighted by Crippen LogP contribution is -1.96. The zero-order valence-electron chi connectivity index (χ0n) is 10.1. The quantitative estimate of drug-likeness (QED) is 0.226. The molecular weight excluding hydrogens is 238 g/mol. The number of hydrogen-bond acceptors (Lipinski definition) is 3. The van der Waals surface area contributed by atoms with Crippen LogP contribution in [-0.2, 0) is 4.79 Å². The lowest BCUT2D eigenvalue weighted by molar-refractivity contribution is -0.427. The minimum Gasteiger partial charge on any atom is -0.288 e. The molecule has 5 heteroatoms. The summed E-state index contributed by atoms with van der Waals surface area (Å²) in [4.78, 5) is 20.8. The van der Waals surface area contributed by atoms with Crippen molar-refractivity contribution in [2.24, 2.45) is 0 Å². The highest BCUT2D eigenvalue weighted by atomic mass is 32.1. The van der Waals surface area contributed by atoms with Crippen molar-refractivity contribution in [3.8, 4) is 0 Å². The summed E-state index contributed by atoms with van der Waals surface area (Å²) in [7, 11) is 0. The van der Waals surface area contributed by atoms with E-state index in [0.29, 0.717) is 19.3 Å². The van der Waals surface area contributed by atoms with E-state index in [9.17, 15) is 14.9 Å². The fourth-order valence-corrected chi connectivity index (χ4v) is 1.49. The van der Waals surface area contributed by atoms with E-state index >= 15 is 0 Å². The van der Waals surface area contributed by atoms with Gasteiger partial charge >= 0.3 is 0 Å². The van der Waals surface area contributed by atoms with Gasteiger partial charge in [-0.25, -0.2) is 0 Å². The third kappa shape index (κ3) is 9.81. The van der Waals surface area contributed by atoms with Crippen LogP contribution in [0.25, 0.3) is 0 Å². The molecule has 0 aliphatic carbocycles. The van der Waals surface area contributed by atoms with Crippen LogP contribution in [-0.4, -0.2) is 10.0 Å². The predicted molar refractivity (Wildman–Crippen MR) is 71.6 cm³/mol. The molecule has 0 bridgehead atoms. The van der Waals surface area contributed by atoms with Crippen LogP contribution in [0.15, 0.2) is 23.9 Å². The number of nitrogens with zero attached hydrogens (tertiary/aromatic N) is 1. The Labute approximate surface area is 107 Å². The Morgan fingerprint density at radius 1 is 1.35 bits per heavy atom. The van der Waals surface area contributed by atoms with E-state index in [-0.39, 0.29) is 15.7 Å². The third-order valence-corrected chi connectivity index (χ3v) is 2.40. The minimum absolute atomic E-state index is 0.0875. The average Bonchev–Trinajstić information content (AvgIpc) is 2.25. The van der Waals surface area contributed by atoms with Gasteiger partial charge in [0.05, 0.1) is 11.3 Å². The number of carbonyl (C=O) groups excluding carboxylic acids is 1. The number of carbonyl (C=O) groups is 1. The molecule has 0 aliphatic rings. The molecule has 0 N–H and O–H groups in total. The summed E-state index contributed by atoms with van der Waals surface area (Å²) in [6.45, 7) is 1.88. The fourth-order valence-electron chi connectivity index (χ4n) is 1.33. The van der Waals surface area contributed by atoms with Crippen molar-refractivity contribution in [3.05, 3.63) is 34.0 Å². The van der Waals surface area contributed by atoms with E-state index in [0.717, 1.165) is 19.3 Å². The van der Waals surface area contributed by atoms with E-state index in [1.807, 2.05) is 19.1 Å². The molecule has 0 saturated carbocycles. The fraction of sp³-hybridized carbons (Fsp3) is 0.583. The number of hydrogen-bond donors (Lipinski definition) is 1. The summed E-state index contributed by atoms with van der Waals surface area (Å²) in [5, 5.41) is 10.5. The first kappa shape index (κ1) is 15.9. The van der Waals surface area contributed by atoms with Gasteiger partial charge in [0.25, 0.3) is 0 Å². The molecule has 0 radical (unpaired) electrons. The highest BCUT2D eigenvalue weighted by Gasteiger charge is 2.05. The van der Waals surface area contributed by atoms with Gasteiger partial charge in [0.2, 0.25) is 5.70 Å². The molecule has 0 unspecified atom stereocenters. The van der Waals surface area contributed by atoms with E-state index in [1.165, 1.54) is 0 Å². The summed E-state index contributed by atoms with van der Waals surface area (Å²) in [5.41, 5.74) is 0.245. The van der Waals surface area contributed by atoms with Crippen LogP contribution in [0.2, 0.25) is 0 Å². The topological polar surface area (TPSA) is 60.2 Å². The highest BCUT2D eigenvalue weighted by Crippen LogP contribution is 2.07. The molecule has 0 fully saturated rings. The van der Waals surface area contributed by atoms with Crippen LogP contribution in [0.5, 0.6) is 0 Å². The molecule has 96 valence electrons. The van der Waals surface area contributed by atoms with Gasteiger partial charge in [0.15, 0.2) is 5.12 Å². The third-order valence-electron chi connectivity index (χ3n) is 2.18. The first-order valence-corrected chi connectivity index (χ1v) is 6.22. The Bertz CT molecular complexity index is 311. The van der Waals surface area contributed by atoms with Crippen LogP contribution < -0.4 is 0 Å². The molecule has 0 aromatic heterocycles. The van der Waals surface area contributed by atoms with Gasteiger partial charge in [-0.3, -0.25) is 14.9 Å². The van der Waals surface area contributed by atoms with Gasteiger partial charge in [0, 0.05) is 6.42 Å². The van der Waals surface area contributed by atoms with Crippen molar-refractivity contribution in [2.75, 3.05) is 0 Å². The molecule has 0 spiro atoms. The van der Waals surface area contributed by atoms with Crippen molar-refractivity contribution >= 4 is 17.7 Å². The maximum Gasteiger partial charge on any atom is 0.246 e. The minimum atomic E-state index is -0.340. The Balaban J connectivity index is 3.75. The van der Waals surface area contributed by atoms with E-state index < -0.39 is 0 Å². The van der Waals surface area contributed by atoms with Gasteiger partial charge in [0.1, 0.15) is 0 Å². The second-order valence-corrected chi connectivity index (χ2v) is 4.17. The van der Waals surface area contributed by atoms with Gasteiger partial charge < -0.3 is 0 Å². The monoisotopic (exact) mass is 257 g/mol. The van der Waals surface area contributed by atoms with Crippen LogP contribution in [0, 0.1) is 10.1 Å². The zero-order valence-corrected chi connectivity index (χ0v) is 11.0. The molecule has 0 atom stereocenters. The Hall–Kier alpha value is -1.10. The van der Waals surface area contributed by atoms with Crippen LogP contribution >= 0.6 is 12.6 Å². The first-order valence-electron chi connectivity index (χ1n) is 5.78. The standard InChI is InChI=1S/C12H19NO3S/c1-2-8-11(13(15)16)9-6-4-3-5-7-10-12(14)17/h4,6,8H,2-3,5,7,9-10H2,1H3,(H,14,17). The maximum absolute atomic E-state index is 10.6. The first-order chi connectivity index (χ1) is 8.07. The summed E-state index contributed by atoms with van der Waals surface area (Å²) < 4.78 is 0. The summed E-state index contributed by atoms with van der Waals surface area (Å²) in [6, 6.07) is 0. The Kier molecular flexibility index (Phi) is 9.43. The van der Waals surface area contributed by atoms with Crippen LogP contribution in [0.3, 0.4) is 0 Å². The zero-order chi connectivity index (χ0) is 13.1. The van der Waals surface area contributed by atoms with Crippen molar-refractivity contribution in [3.63, 3.8) is 0 Å². The molecule has 0 saturated heterocycles. The van der Waals surface area contributed by atoms with Gasteiger partial charge in [-0.05, 0) is 31.8 Å². The molecule has 0 amide bonds.